The van der Waals surface area contributed by atoms with E-state index in [-0.39, 0.29) is 23.9 Å². The van der Waals surface area contributed by atoms with Crippen molar-refractivity contribution in [1.82, 2.24) is 40.0 Å². The first-order valence-corrected chi connectivity index (χ1v) is 19.3. The van der Waals surface area contributed by atoms with Crippen LogP contribution in [0, 0.1) is 0 Å². The Balaban J connectivity index is 1.03. The number of nitrogens with one attached hydrogen (secondary N) is 3. The SMILES string of the molecule is CC[C@H](NC(=O)OC)C(=O)N1CCC[C@H]1c1ncc(-c2ccc3cc(-c4ccc(-c5cnc([C@@H]6CCCN6C(=O)[C@H](CC)N(C)C(=O)O)[nH]5)cc4)ccc3c2)[nH]1. The second-order valence-electron chi connectivity index (χ2n) is 14.5. The van der Waals surface area contributed by atoms with E-state index in [1.807, 2.05) is 20.0 Å². The fourth-order valence-corrected chi connectivity index (χ4v) is 8.05. The number of aromatic nitrogens is 4. The molecule has 0 bridgehead atoms. The zero-order chi connectivity index (χ0) is 39.5. The first-order valence-electron chi connectivity index (χ1n) is 19.3. The van der Waals surface area contributed by atoms with Crippen molar-refractivity contribution < 1.29 is 29.0 Å². The molecule has 2 aromatic heterocycles. The average molecular weight is 761 g/mol. The van der Waals surface area contributed by atoms with E-state index >= 15 is 0 Å². The molecule has 4 atom stereocenters. The molecule has 2 saturated heterocycles. The number of fused-ring (bicyclic) bond motifs is 1. The lowest BCUT2D eigenvalue weighted by molar-refractivity contribution is -0.137. The van der Waals surface area contributed by atoms with Gasteiger partial charge < -0.3 is 34.9 Å². The standard InChI is InChI=1S/C42H48N8O6/c1-5-31(47-41(53)56-4)39(51)49-19-7-9-35(49)37-44-24-33(46-37)30-18-17-28-21-27(15-16-29(28)22-30)25-11-13-26(14-12-25)32-23-43-38(45-32)36-10-8-20-50(36)40(52)34(6-2)48(3)42(54)55/h11-18,21-24,31,34-36H,5-10,19-20H2,1-4H3,(H,43,45)(H,44,46)(H,47,53)(H,54,55)/t31-,34-,35-,36-/m0/s1. The van der Waals surface area contributed by atoms with Crippen molar-refractivity contribution in [2.75, 3.05) is 27.2 Å². The highest BCUT2D eigenvalue weighted by molar-refractivity contribution is 5.91. The van der Waals surface area contributed by atoms with E-state index in [9.17, 15) is 24.3 Å². The molecule has 0 saturated carbocycles. The number of carbonyl (C=O) groups excluding carboxylic acids is 3. The molecule has 3 aromatic carbocycles. The van der Waals surface area contributed by atoms with Gasteiger partial charge in [-0.15, -0.1) is 0 Å². The maximum Gasteiger partial charge on any atom is 0.407 e. The van der Waals surface area contributed by atoms with Crippen LogP contribution in [0.1, 0.15) is 76.1 Å². The number of imidazole rings is 2. The van der Waals surface area contributed by atoms with Gasteiger partial charge in [0.2, 0.25) is 11.8 Å². The molecule has 4 N–H and O–H groups in total. The monoisotopic (exact) mass is 760 g/mol. The number of benzene rings is 3. The number of rotatable bonds is 11. The van der Waals surface area contributed by atoms with Gasteiger partial charge in [0.15, 0.2) is 0 Å². The number of carbonyl (C=O) groups is 4. The van der Waals surface area contributed by atoms with E-state index in [4.69, 9.17) is 4.74 Å². The van der Waals surface area contributed by atoms with Crippen molar-refractivity contribution >= 4 is 34.8 Å². The predicted octanol–water partition coefficient (Wildman–Crippen LogP) is 7.14. The molecule has 5 aromatic rings. The van der Waals surface area contributed by atoms with Crippen molar-refractivity contribution in [3.05, 3.63) is 84.7 Å². The van der Waals surface area contributed by atoms with Crippen LogP contribution in [0.5, 0.6) is 0 Å². The second kappa shape index (κ2) is 16.3. The van der Waals surface area contributed by atoms with Gasteiger partial charge in [-0.25, -0.2) is 19.6 Å². The summed E-state index contributed by atoms with van der Waals surface area (Å²) in [7, 11) is 2.73. The summed E-state index contributed by atoms with van der Waals surface area (Å²) in [5.41, 5.74) is 5.83. The quantitative estimate of drug-likeness (QED) is 0.110. The van der Waals surface area contributed by atoms with Gasteiger partial charge in [-0.2, -0.15) is 0 Å². The van der Waals surface area contributed by atoms with E-state index in [0.717, 1.165) is 80.8 Å². The average Bonchev–Trinajstić information content (AvgIpc) is 4.06. The largest absolute Gasteiger partial charge is 0.465 e. The van der Waals surface area contributed by atoms with Gasteiger partial charge in [-0.3, -0.25) is 14.5 Å². The van der Waals surface area contributed by atoms with Gasteiger partial charge in [-0.05, 0) is 78.1 Å². The molecule has 7 rings (SSSR count). The Labute approximate surface area is 325 Å². The van der Waals surface area contributed by atoms with Crippen LogP contribution in [-0.2, 0) is 14.3 Å². The van der Waals surface area contributed by atoms with Gasteiger partial charge in [0.25, 0.3) is 0 Å². The maximum absolute atomic E-state index is 13.4. The summed E-state index contributed by atoms with van der Waals surface area (Å²) in [5.74, 6) is 1.10. The van der Waals surface area contributed by atoms with Crippen molar-refractivity contribution in [2.45, 2.75) is 76.5 Å². The molecular weight excluding hydrogens is 713 g/mol. The topological polar surface area (TPSA) is 177 Å². The second-order valence-corrected chi connectivity index (χ2v) is 14.5. The predicted molar refractivity (Wildman–Crippen MR) is 211 cm³/mol. The number of methoxy groups -OCH3 is 1. The third-order valence-corrected chi connectivity index (χ3v) is 11.2. The molecule has 14 nitrogen and oxygen atoms in total. The third kappa shape index (κ3) is 7.55. The van der Waals surface area contributed by atoms with Gasteiger partial charge >= 0.3 is 12.2 Å². The van der Waals surface area contributed by atoms with Crippen LogP contribution in [0.15, 0.2) is 73.1 Å². The molecule has 0 unspecified atom stereocenters. The molecule has 292 valence electrons. The van der Waals surface area contributed by atoms with Crippen molar-refractivity contribution in [3.63, 3.8) is 0 Å². The number of hydrogen-bond acceptors (Lipinski definition) is 7. The van der Waals surface area contributed by atoms with Crippen LogP contribution in [0.3, 0.4) is 0 Å². The minimum absolute atomic E-state index is 0.138. The molecule has 2 aliphatic rings. The van der Waals surface area contributed by atoms with Gasteiger partial charge in [0, 0.05) is 25.7 Å². The number of amides is 4. The first kappa shape index (κ1) is 38.1. The molecular formula is C42H48N8O6. The number of carboxylic acid groups (broad SMARTS) is 1. The highest BCUT2D eigenvalue weighted by Crippen LogP contribution is 2.35. The highest BCUT2D eigenvalue weighted by atomic mass is 16.5. The van der Waals surface area contributed by atoms with E-state index in [0.29, 0.717) is 31.8 Å². The molecule has 0 spiro atoms. The smallest absolute Gasteiger partial charge is 0.407 e. The maximum atomic E-state index is 13.4. The fraction of sp³-hybridized carbons (Fsp3) is 0.381. The van der Waals surface area contributed by atoms with Crippen molar-refractivity contribution in [3.8, 4) is 33.6 Å². The van der Waals surface area contributed by atoms with Gasteiger partial charge in [0.1, 0.15) is 23.7 Å². The summed E-state index contributed by atoms with van der Waals surface area (Å²) in [5, 5.41) is 14.3. The summed E-state index contributed by atoms with van der Waals surface area (Å²) in [6.07, 6.45) is 5.94. The lowest BCUT2D eigenvalue weighted by Crippen LogP contribution is -2.48. The summed E-state index contributed by atoms with van der Waals surface area (Å²) >= 11 is 0. The number of aromatic amines is 2. The van der Waals surface area contributed by atoms with Crippen LogP contribution < -0.4 is 5.32 Å². The Morgan fingerprint density at radius 2 is 1.30 bits per heavy atom. The van der Waals surface area contributed by atoms with Crippen LogP contribution in [0.2, 0.25) is 0 Å². The molecule has 0 radical (unpaired) electrons. The van der Waals surface area contributed by atoms with Crippen molar-refractivity contribution in [1.29, 1.82) is 0 Å². The summed E-state index contributed by atoms with van der Waals surface area (Å²) in [4.78, 5) is 71.0. The molecule has 4 heterocycles. The number of ether oxygens (including phenoxy) is 1. The lowest BCUT2D eigenvalue weighted by Gasteiger charge is -2.31. The van der Waals surface area contributed by atoms with E-state index in [1.165, 1.54) is 14.2 Å². The molecule has 4 amide bonds. The van der Waals surface area contributed by atoms with Gasteiger partial charge in [-0.1, -0.05) is 62.4 Å². The normalized spacial score (nSPS) is 17.9. The zero-order valence-electron chi connectivity index (χ0n) is 32.1. The minimum Gasteiger partial charge on any atom is -0.465 e. The number of likely N-dealkylation sites (N-methyl/N-ethyl adjacent to an activating group) is 1. The van der Waals surface area contributed by atoms with Crippen LogP contribution in [-0.4, -0.2) is 103 Å². The number of nitrogens with zero attached hydrogens (tertiary/aromatic N) is 5. The first-order chi connectivity index (χ1) is 27.1. The number of alkyl carbamates (subject to hydrolysis) is 1. The molecule has 2 fully saturated rings. The van der Waals surface area contributed by atoms with E-state index in [2.05, 4.69) is 85.9 Å². The third-order valence-electron chi connectivity index (χ3n) is 11.2. The highest BCUT2D eigenvalue weighted by Gasteiger charge is 2.38. The molecule has 0 aliphatic carbocycles. The Hall–Kier alpha value is -6.18. The Bertz CT molecular complexity index is 2230. The number of likely N-dealkylation sites (tertiary alicyclic amines) is 2. The Kier molecular flexibility index (Phi) is 11.1. The van der Waals surface area contributed by atoms with E-state index in [1.54, 1.807) is 16.0 Å². The molecule has 56 heavy (non-hydrogen) atoms. The number of hydrogen-bond donors (Lipinski definition) is 4. The van der Waals surface area contributed by atoms with Crippen LogP contribution in [0.25, 0.3) is 44.4 Å². The zero-order valence-corrected chi connectivity index (χ0v) is 32.1. The molecule has 2 aliphatic heterocycles. The van der Waals surface area contributed by atoms with Gasteiger partial charge in [0.05, 0.1) is 43.0 Å². The minimum atomic E-state index is -1.12. The van der Waals surface area contributed by atoms with Crippen molar-refractivity contribution in [2.24, 2.45) is 0 Å². The van der Waals surface area contributed by atoms with Crippen LogP contribution >= 0.6 is 0 Å². The Morgan fingerprint density at radius 3 is 1.86 bits per heavy atom. The van der Waals surface area contributed by atoms with Crippen LogP contribution in [0.4, 0.5) is 9.59 Å². The lowest BCUT2D eigenvalue weighted by atomic mass is 9.98. The fourth-order valence-electron chi connectivity index (χ4n) is 8.05. The number of H-pyrrole nitrogens is 2. The summed E-state index contributed by atoms with van der Waals surface area (Å²) in [6.45, 7) is 4.85. The summed E-state index contributed by atoms with van der Waals surface area (Å²) < 4.78 is 4.71. The summed E-state index contributed by atoms with van der Waals surface area (Å²) in [6, 6.07) is 19.2. The van der Waals surface area contributed by atoms with E-state index < -0.39 is 24.3 Å². The molecule has 14 heteroatoms. The Morgan fingerprint density at radius 1 is 0.786 bits per heavy atom.